The summed E-state index contributed by atoms with van der Waals surface area (Å²) < 4.78 is 27.4. The van der Waals surface area contributed by atoms with Crippen molar-refractivity contribution in [3.63, 3.8) is 0 Å². The minimum Gasteiger partial charge on any atom is -0.496 e. The summed E-state index contributed by atoms with van der Waals surface area (Å²) in [5.74, 6) is -0.570. The fraction of sp³-hybridized carbons (Fsp3) is 0.250. The number of H-pyrrole nitrogens is 1. The number of fused-ring (bicyclic) bond motifs is 1. The first-order chi connectivity index (χ1) is 18.8. The van der Waals surface area contributed by atoms with Gasteiger partial charge < -0.3 is 19.4 Å². The number of esters is 1. The highest BCUT2D eigenvalue weighted by Gasteiger charge is 2.32. The number of thiophene rings is 1. The zero-order chi connectivity index (χ0) is 27.9. The monoisotopic (exact) mass is 567 g/mol. The molecule has 204 valence electrons. The molecule has 2 atom stereocenters. The van der Waals surface area contributed by atoms with Crippen LogP contribution in [0, 0.1) is 6.92 Å². The fourth-order valence-electron chi connectivity index (χ4n) is 4.16. The van der Waals surface area contributed by atoms with Gasteiger partial charge in [-0.3, -0.25) is 14.4 Å². The maximum Gasteiger partial charge on any atom is 0.325 e. The van der Waals surface area contributed by atoms with Gasteiger partial charge in [0.15, 0.2) is 0 Å². The van der Waals surface area contributed by atoms with Crippen molar-refractivity contribution >= 4 is 45.1 Å². The number of hydrogen-bond donors (Lipinski definition) is 2. The molecule has 2 N–H and O–H groups in total. The van der Waals surface area contributed by atoms with Gasteiger partial charge in [-0.05, 0) is 60.5 Å². The molecule has 2 heterocycles. The predicted octanol–water partition coefficient (Wildman–Crippen LogP) is 3.85. The fourth-order valence-corrected chi connectivity index (χ4v) is 6.03. The van der Waals surface area contributed by atoms with E-state index in [0.717, 1.165) is 4.88 Å². The summed E-state index contributed by atoms with van der Waals surface area (Å²) in [6.45, 7) is 3.58. The largest absolute Gasteiger partial charge is 0.496 e. The number of methoxy groups -OCH3 is 1. The second kappa shape index (κ2) is 12.8. The first-order valence-corrected chi connectivity index (χ1v) is 14.2. The number of nitrogens with zero attached hydrogens (tertiary/aromatic N) is 1. The second-order valence-corrected chi connectivity index (χ2v) is 10.9. The van der Waals surface area contributed by atoms with Crippen molar-refractivity contribution in [3.05, 3.63) is 92.4 Å². The van der Waals surface area contributed by atoms with Crippen LogP contribution in [0.1, 0.15) is 29.0 Å². The van der Waals surface area contributed by atoms with Crippen molar-refractivity contribution in [2.75, 3.05) is 20.3 Å². The van der Waals surface area contributed by atoms with Crippen molar-refractivity contribution in [3.8, 4) is 5.75 Å². The van der Waals surface area contributed by atoms with Crippen molar-refractivity contribution < 1.29 is 23.3 Å². The maximum absolute atomic E-state index is 14.1. The Morgan fingerprint density at radius 3 is 2.64 bits per heavy atom. The highest BCUT2D eigenvalue weighted by molar-refractivity contribution is 7.83. The number of hydrogen-bond acceptors (Lipinski definition) is 7. The number of ether oxygens (including phenoxy) is 2. The molecule has 0 saturated carbocycles. The average molecular weight is 568 g/mol. The number of carbonyl (C=O) groups excluding carboxylic acids is 2. The summed E-state index contributed by atoms with van der Waals surface area (Å²) in [6.07, 6.45) is 0. The van der Waals surface area contributed by atoms with Gasteiger partial charge in [0.05, 0.1) is 25.2 Å². The second-order valence-electron chi connectivity index (χ2n) is 8.67. The van der Waals surface area contributed by atoms with E-state index in [0.29, 0.717) is 32.7 Å². The van der Waals surface area contributed by atoms with Gasteiger partial charge in [0.25, 0.3) is 0 Å². The summed E-state index contributed by atoms with van der Waals surface area (Å²) in [5, 5.41) is 2.59. The molecule has 0 saturated heterocycles. The van der Waals surface area contributed by atoms with Gasteiger partial charge in [-0.25, -0.2) is 8.93 Å². The van der Waals surface area contributed by atoms with Crippen LogP contribution in [0.25, 0.3) is 10.9 Å². The van der Waals surface area contributed by atoms with E-state index in [2.05, 4.69) is 9.71 Å². The highest BCUT2D eigenvalue weighted by Crippen LogP contribution is 2.29. The van der Waals surface area contributed by atoms with Crippen molar-refractivity contribution in [2.45, 2.75) is 31.3 Å². The normalized spacial score (nSPS) is 12.6. The lowest BCUT2D eigenvalue weighted by Crippen LogP contribution is -2.43. The third-order valence-electron chi connectivity index (χ3n) is 6.00. The van der Waals surface area contributed by atoms with Gasteiger partial charge in [-0.1, -0.05) is 24.3 Å². The molecule has 2 aromatic heterocycles. The molecule has 2 aromatic carbocycles. The molecule has 2 unspecified atom stereocenters. The summed E-state index contributed by atoms with van der Waals surface area (Å²) in [6, 6.07) is 16.1. The number of carbonyl (C=O) groups is 2. The van der Waals surface area contributed by atoms with E-state index in [1.165, 1.54) is 29.4 Å². The number of rotatable bonds is 11. The smallest absolute Gasteiger partial charge is 0.325 e. The predicted molar refractivity (Wildman–Crippen MR) is 151 cm³/mol. The number of aryl methyl sites for hydroxylation is 1. The molecule has 0 fully saturated rings. The highest BCUT2D eigenvalue weighted by atomic mass is 32.2. The molecule has 0 spiro atoms. The molecular weight excluding hydrogens is 538 g/mol. The Balaban J connectivity index is 1.73. The molecule has 0 aliphatic rings. The molecule has 0 aliphatic heterocycles. The van der Waals surface area contributed by atoms with E-state index >= 15 is 0 Å². The number of nitrogens with one attached hydrogen (secondary N) is 2. The van der Waals surface area contributed by atoms with E-state index in [1.54, 1.807) is 56.3 Å². The Hall–Kier alpha value is -3.80. The minimum atomic E-state index is -1.85. The van der Waals surface area contributed by atoms with Crippen molar-refractivity contribution in [1.29, 1.82) is 0 Å². The topological polar surface area (TPSA) is 118 Å². The Labute approximate surface area is 232 Å². The van der Waals surface area contributed by atoms with Gasteiger partial charge in [0, 0.05) is 22.0 Å². The van der Waals surface area contributed by atoms with Gasteiger partial charge in [0.2, 0.25) is 11.5 Å². The number of aromatic amines is 1. The Morgan fingerprint density at radius 2 is 1.92 bits per heavy atom. The van der Waals surface area contributed by atoms with Crippen molar-refractivity contribution in [1.82, 2.24) is 14.6 Å². The lowest BCUT2D eigenvalue weighted by molar-refractivity contribution is -0.149. The van der Waals surface area contributed by atoms with Crippen LogP contribution in [0.4, 0.5) is 0 Å². The Kier molecular flexibility index (Phi) is 9.28. The third kappa shape index (κ3) is 6.80. The van der Waals surface area contributed by atoms with Crippen LogP contribution >= 0.6 is 11.3 Å². The zero-order valence-electron chi connectivity index (χ0n) is 21.8. The van der Waals surface area contributed by atoms with Gasteiger partial charge >= 0.3 is 5.97 Å². The molecule has 1 amide bonds. The summed E-state index contributed by atoms with van der Waals surface area (Å²) >= 11 is 1.46. The third-order valence-corrected chi connectivity index (χ3v) is 8.15. The summed E-state index contributed by atoms with van der Waals surface area (Å²) in [4.78, 5) is 43.8. The minimum absolute atomic E-state index is 0.178. The molecular formula is C28H29N3O6S2. The lowest BCUT2D eigenvalue weighted by atomic mass is 10.0. The molecule has 4 aromatic rings. The number of aromatic nitrogens is 1. The van der Waals surface area contributed by atoms with Crippen LogP contribution in [-0.4, -0.2) is 46.2 Å². The van der Waals surface area contributed by atoms with Crippen LogP contribution in [0.2, 0.25) is 0 Å². The molecule has 4 rings (SSSR count). The lowest BCUT2D eigenvalue weighted by Gasteiger charge is -2.28. The first-order valence-electron chi connectivity index (χ1n) is 12.2. The molecule has 9 nitrogen and oxygen atoms in total. The molecule has 39 heavy (non-hydrogen) atoms. The Bertz CT molecular complexity index is 1550. The van der Waals surface area contributed by atoms with E-state index < -0.39 is 28.9 Å². The van der Waals surface area contributed by atoms with Crippen LogP contribution in [-0.2, 0) is 31.9 Å². The standard InChI is InChI=1S/C28H29N3O6S2/c1-4-37-26(33)17-31(16-20-8-7-13-38-20)28(34)27(21-9-5-6-10-23(21)36-3)30-39(35)24-15-19-11-12-25(32)29-22(19)14-18(24)2/h5-15,27,30H,4,16-17H2,1-3H3,(H,29,32). The average Bonchev–Trinajstić information content (AvgIpc) is 3.43. The number of amides is 1. The molecule has 0 aliphatic carbocycles. The van der Waals surface area contributed by atoms with Gasteiger partial charge in [0.1, 0.15) is 29.3 Å². The molecule has 11 heteroatoms. The Morgan fingerprint density at radius 1 is 1.13 bits per heavy atom. The SMILES string of the molecule is CCOC(=O)CN(Cc1cccs1)C(=O)C(NS(=O)c1cc2ccc(=O)[nH]c2cc1C)c1ccccc1OC. The number of pyridine rings is 1. The van der Waals surface area contributed by atoms with E-state index in [-0.39, 0.29) is 25.3 Å². The van der Waals surface area contributed by atoms with Crippen LogP contribution in [0.15, 0.2) is 75.7 Å². The van der Waals surface area contributed by atoms with Crippen LogP contribution in [0.3, 0.4) is 0 Å². The van der Waals surface area contributed by atoms with Gasteiger partial charge in [-0.2, -0.15) is 0 Å². The van der Waals surface area contributed by atoms with Gasteiger partial charge in [-0.15, -0.1) is 11.3 Å². The van der Waals surface area contributed by atoms with E-state index in [4.69, 9.17) is 9.47 Å². The number of para-hydroxylation sites is 1. The maximum atomic E-state index is 14.1. The summed E-state index contributed by atoms with van der Waals surface area (Å²) in [5.41, 5.74) is 1.53. The van der Waals surface area contributed by atoms with E-state index in [1.807, 2.05) is 17.5 Å². The summed E-state index contributed by atoms with van der Waals surface area (Å²) in [7, 11) is -0.354. The zero-order valence-corrected chi connectivity index (χ0v) is 23.4. The van der Waals surface area contributed by atoms with Crippen LogP contribution < -0.4 is 15.0 Å². The van der Waals surface area contributed by atoms with Crippen molar-refractivity contribution in [2.24, 2.45) is 0 Å². The van der Waals surface area contributed by atoms with Crippen LogP contribution in [0.5, 0.6) is 5.75 Å². The van der Waals surface area contributed by atoms with E-state index in [9.17, 15) is 18.6 Å². The quantitative estimate of drug-likeness (QED) is 0.266. The molecule has 0 bridgehead atoms. The molecule has 0 radical (unpaired) electrons. The number of benzene rings is 2. The first kappa shape index (κ1) is 28.2.